The van der Waals surface area contributed by atoms with E-state index in [4.69, 9.17) is 9.26 Å². The van der Waals surface area contributed by atoms with Crippen molar-refractivity contribution in [3.05, 3.63) is 35.1 Å². The van der Waals surface area contributed by atoms with Crippen LogP contribution in [-0.2, 0) is 24.1 Å². The highest BCUT2D eigenvalue weighted by atomic mass is 19.3. The number of hydrogen-bond acceptors (Lipinski definition) is 7. The minimum atomic E-state index is -2.54. The molecule has 1 N–H and O–H groups in total. The molecule has 35 heavy (non-hydrogen) atoms. The first kappa shape index (κ1) is 25.4. The van der Waals surface area contributed by atoms with Gasteiger partial charge in [0.05, 0.1) is 6.42 Å². The van der Waals surface area contributed by atoms with Crippen molar-refractivity contribution >= 4 is 5.91 Å². The first-order valence-electron chi connectivity index (χ1n) is 12.2. The van der Waals surface area contributed by atoms with Crippen LogP contribution in [0.4, 0.5) is 13.2 Å². The van der Waals surface area contributed by atoms with Gasteiger partial charge in [0.25, 0.3) is 6.43 Å². The van der Waals surface area contributed by atoms with E-state index in [0.717, 1.165) is 30.8 Å². The summed E-state index contributed by atoms with van der Waals surface area (Å²) in [6, 6.07) is 3.48. The molecule has 1 fully saturated rings. The smallest absolute Gasteiger partial charge is 0.272 e. The van der Waals surface area contributed by atoms with Gasteiger partial charge in [0, 0.05) is 50.8 Å². The van der Waals surface area contributed by atoms with Gasteiger partial charge in [-0.3, -0.25) is 4.79 Å². The number of halogens is 3. The maximum atomic E-state index is 15.5. The summed E-state index contributed by atoms with van der Waals surface area (Å²) in [5.74, 6) is 0.808. The Hall–Kier alpha value is -2.69. The molecular weight excluding hydrogens is 463 g/mol. The van der Waals surface area contributed by atoms with E-state index in [9.17, 15) is 13.6 Å². The molecule has 0 aromatic carbocycles. The lowest BCUT2D eigenvalue weighted by molar-refractivity contribution is -0.121. The molecule has 4 rings (SSSR count). The summed E-state index contributed by atoms with van der Waals surface area (Å²) in [7, 11) is 0. The van der Waals surface area contributed by atoms with Crippen molar-refractivity contribution in [2.24, 2.45) is 0 Å². The number of aryl methyl sites for hydroxylation is 1. The number of nitrogens with zero attached hydrogens (tertiary/aromatic N) is 4. The van der Waals surface area contributed by atoms with E-state index in [1.54, 1.807) is 13.0 Å². The number of alkyl halides is 3. The van der Waals surface area contributed by atoms with Gasteiger partial charge in [0.1, 0.15) is 5.67 Å². The standard InChI is InChI=1S/C24H32F3N5O3/c1-16-28-21(31-35-16)14-22(33)29-18-4-8-24(27,9-5-18)10-13-32-11-6-17-2-3-23(34-15-20(25)26)30-19(17)7-12-32/h2-3,18,20H,4-15H2,1H3,(H,29,33)/t18-,24+. The lowest BCUT2D eigenvalue weighted by Crippen LogP contribution is -2.43. The van der Waals surface area contributed by atoms with Gasteiger partial charge in [-0.25, -0.2) is 18.2 Å². The van der Waals surface area contributed by atoms with Gasteiger partial charge in [0.2, 0.25) is 17.7 Å². The van der Waals surface area contributed by atoms with Crippen LogP contribution in [0, 0.1) is 6.92 Å². The third-order valence-corrected chi connectivity index (χ3v) is 6.77. The molecule has 0 saturated heterocycles. The number of carbonyl (C=O) groups is 1. The maximum absolute atomic E-state index is 15.5. The van der Waals surface area contributed by atoms with Crippen LogP contribution in [0.3, 0.4) is 0 Å². The monoisotopic (exact) mass is 495 g/mol. The minimum Gasteiger partial charge on any atom is -0.472 e. The van der Waals surface area contributed by atoms with Crippen LogP contribution in [0.2, 0.25) is 0 Å². The summed E-state index contributed by atoms with van der Waals surface area (Å²) >= 11 is 0. The number of nitrogens with one attached hydrogen (secondary N) is 1. The summed E-state index contributed by atoms with van der Waals surface area (Å²) in [6.45, 7) is 3.19. The Bertz CT molecular complexity index is 995. The molecule has 0 radical (unpaired) electrons. The summed E-state index contributed by atoms with van der Waals surface area (Å²) < 4.78 is 50.2. The predicted molar refractivity (Wildman–Crippen MR) is 121 cm³/mol. The molecule has 8 nitrogen and oxygen atoms in total. The molecule has 0 atom stereocenters. The number of hydrogen-bond donors (Lipinski definition) is 1. The van der Waals surface area contributed by atoms with Crippen LogP contribution in [0.1, 0.15) is 55.1 Å². The van der Waals surface area contributed by atoms with Crippen LogP contribution < -0.4 is 10.1 Å². The molecule has 1 aliphatic heterocycles. The highest BCUT2D eigenvalue weighted by molar-refractivity contribution is 5.78. The Kier molecular flexibility index (Phi) is 8.25. The van der Waals surface area contributed by atoms with E-state index in [-0.39, 0.29) is 24.2 Å². The quantitative estimate of drug-likeness (QED) is 0.571. The Balaban J connectivity index is 1.19. The van der Waals surface area contributed by atoms with E-state index < -0.39 is 18.7 Å². The van der Waals surface area contributed by atoms with Crippen LogP contribution in [0.25, 0.3) is 0 Å². The van der Waals surface area contributed by atoms with Gasteiger partial charge in [-0.05, 0) is 44.1 Å². The zero-order valence-electron chi connectivity index (χ0n) is 19.9. The van der Waals surface area contributed by atoms with Crippen LogP contribution in [0.5, 0.6) is 5.88 Å². The van der Waals surface area contributed by atoms with E-state index in [0.29, 0.717) is 56.8 Å². The molecule has 1 amide bonds. The van der Waals surface area contributed by atoms with Gasteiger partial charge < -0.3 is 19.5 Å². The zero-order chi connectivity index (χ0) is 24.8. The lowest BCUT2D eigenvalue weighted by Gasteiger charge is -2.35. The fourth-order valence-electron chi connectivity index (χ4n) is 4.78. The maximum Gasteiger partial charge on any atom is 0.272 e. The van der Waals surface area contributed by atoms with Gasteiger partial charge in [-0.2, -0.15) is 4.98 Å². The number of carbonyl (C=O) groups excluding carboxylic acids is 1. The Labute approximate surface area is 202 Å². The molecule has 2 aliphatic rings. The number of aromatic nitrogens is 3. The zero-order valence-corrected chi connectivity index (χ0v) is 19.9. The highest BCUT2D eigenvalue weighted by Crippen LogP contribution is 2.35. The molecule has 11 heteroatoms. The normalized spacial score (nSPS) is 23.1. The minimum absolute atomic E-state index is 0.0420. The van der Waals surface area contributed by atoms with Crippen molar-refractivity contribution < 1.29 is 27.2 Å². The molecule has 192 valence electrons. The first-order valence-corrected chi connectivity index (χ1v) is 12.2. The van der Waals surface area contributed by atoms with Crippen molar-refractivity contribution in [3.8, 4) is 5.88 Å². The van der Waals surface area contributed by atoms with Crippen LogP contribution in [0.15, 0.2) is 16.7 Å². The van der Waals surface area contributed by atoms with Gasteiger partial charge >= 0.3 is 0 Å². The van der Waals surface area contributed by atoms with E-state index >= 15 is 4.39 Å². The van der Waals surface area contributed by atoms with Crippen LogP contribution in [-0.4, -0.2) is 70.3 Å². The topological polar surface area (TPSA) is 93.4 Å². The second-order valence-electron chi connectivity index (χ2n) is 9.45. The van der Waals surface area contributed by atoms with E-state index in [1.807, 2.05) is 6.07 Å². The van der Waals surface area contributed by atoms with Crippen molar-refractivity contribution in [2.75, 3.05) is 26.2 Å². The summed E-state index contributed by atoms with van der Waals surface area (Å²) in [5, 5.41) is 6.69. The number of fused-ring (bicyclic) bond motifs is 1. The van der Waals surface area contributed by atoms with Gasteiger partial charge in [-0.15, -0.1) is 0 Å². The second-order valence-corrected chi connectivity index (χ2v) is 9.45. The van der Waals surface area contributed by atoms with Crippen molar-refractivity contribution in [1.82, 2.24) is 25.3 Å². The molecule has 0 spiro atoms. The SMILES string of the molecule is Cc1nc(CC(=O)N[C@H]2CC[C@](F)(CCN3CCc4ccc(OCC(F)F)nc4CC3)CC2)no1. The number of ether oxygens (including phenoxy) is 1. The molecule has 3 heterocycles. The summed E-state index contributed by atoms with van der Waals surface area (Å²) in [6.07, 6.45) is 1.46. The Morgan fingerprint density at radius 1 is 1.26 bits per heavy atom. The van der Waals surface area contributed by atoms with Crippen LogP contribution >= 0.6 is 0 Å². The average Bonchev–Trinajstić information content (AvgIpc) is 3.12. The third kappa shape index (κ3) is 7.39. The fourth-order valence-corrected chi connectivity index (χ4v) is 4.78. The summed E-state index contributed by atoms with van der Waals surface area (Å²) in [5.41, 5.74) is 0.709. The predicted octanol–water partition coefficient (Wildman–Crippen LogP) is 3.22. The number of pyridine rings is 1. The van der Waals surface area contributed by atoms with E-state index in [1.165, 1.54) is 0 Å². The largest absolute Gasteiger partial charge is 0.472 e. The molecule has 0 bridgehead atoms. The van der Waals surface area contributed by atoms with Crippen molar-refractivity contribution in [1.29, 1.82) is 0 Å². The molecule has 1 aliphatic carbocycles. The average molecular weight is 496 g/mol. The van der Waals surface area contributed by atoms with Crippen molar-refractivity contribution in [3.63, 3.8) is 0 Å². The molecular formula is C24H32F3N5O3. The number of amides is 1. The molecule has 0 unspecified atom stereocenters. The highest BCUT2D eigenvalue weighted by Gasteiger charge is 2.36. The van der Waals surface area contributed by atoms with E-state index in [2.05, 4.69) is 25.3 Å². The Morgan fingerprint density at radius 2 is 2.03 bits per heavy atom. The second kappa shape index (κ2) is 11.4. The van der Waals surface area contributed by atoms with Gasteiger partial charge in [-0.1, -0.05) is 11.2 Å². The molecule has 1 saturated carbocycles. The molecule has 2 aromatic rings. The lowest BCUT2D eigenvalue weighted by atomic mass is 9.81. The summed E-state index contributed by atoms with van der Waals surface area (Å²) in [4.78, 5) is 22.9. The fraction of sp³-hybridized carbons (Fsp3) is 0.667. The first-order chi connectivity index (χ1) is 16.8. The molecule has 2 aromatic heterocycles. The van der Waals surface area contributed by atoms with Gasteiger partial charge in [0.15, 0.2) is 12.4 Å². The Morgan fingerprint density at radius 3 is 2.74 bits per heavy atom. The number of rotatable bonds is 9. The van der Waals surface area contributed by atoms with Crippen molar-refractivity contribution in [2.45, 2.75) is 76.4 Å². The third-order valence-electron chi connectivity index (χ3n) is 6.77.